The summed E-state index contributed by atoms with van der Waals surface area (Å²) in [5, 5.41) is 0.405. The number of carbonyl (C=O) groups is 1. The van der Waals surface area contributed by atoms with Crippen molar-refractivity contribution in [1.82, 2.24) is 14.4 Å². The number of ether oxygens (including phenoxy) is 1. The van der Waals surface area contributed by atoms with Crippen molar-refractivity contribution in [3.63, 3.8) is 0 Å². The normalized spacial score (nSPS) is 26.6. The van der Waals surface area contributed by atoms with E-state index in [1.54, 1.807) is 6.20 Å². The van der Waals surface area contributed by atoms with Gasteiger partial charge < -0.3 is 4.74 Å². The van der Waals surface area contributed by atoms with Crippen LogP contribution >= 0.6 is 27.5 Å². The van der Waals surface area contributed by atoms with Crippen molar-refractivity contribution < 1.29 is 9.53 Å². The van der Waals surface area contributed by atoms with Gasteiger partial charge in [-0.3, -0.25) is 9.20 Å². The van der Waals surface area contributed by atoms with E-state index in [1.165, 1.54) is 7.11 Å². The molecule has 5 nitrogen and oxygen atoms in total. The smallest absolute Gasteiger partial charge is 0.309 e. The van der Waals surface area contributed by atoms with Gasteiger partial charge in [0.25, 0.3) is 0 Å². The van der Waals surface area contributed by atoms with Gasteiger partial charge in [-0.05, 0) is 34.2 Å². The first-order valence-electron chi connectivity index (χ1n) is 7.50. The fraction of sp³-hybridized carbons (Fsp3) is 0.562. The Bertz CT molecular complexity index is 789. The molecule has 0 aromatic carbocycles. The molecule has 7 heteroatoms. The largest absolute Gasteiger partial charge is 0.469 e. The maximum absolute atomic E-state index is 12.2. The third kappa shape index (κ3) is 2.22. The number of hydrogen-bond acceptors (Lipinski definition) is 4. The first kappa shape index (κ1) is 16.7. The van der Waals surface area contributed by atoms with Gasteiger partial charge in [0.05, 0.1) is 13.0 Å². The van der Waals surface area contributed by atoms with Crippen LogP contribution in [0.2, 0.25) is 5.15 Å². The van der Waals surface area contributed by atoms with Crippen molar-refractivity contribution in [3.05, 3.63) is 28.0 Å². The zero-order valence-corrected chi connectivity index (χ0v) is 15.9. The van der Waals surface area contributed by atoms with Crippen LogP contribution in [0.3, 0.4) is 0 Å². The Morgan fingerprint density at radius 2 is 2.17 bits per heavy atom. The van der Waals surface area contributed by atoms with E-state index >= 15 is 0 Å². The Kier molecular flexibility index (Phi) is 3.96. The van der Waals surface area contributed by atoms with E-state index in [1.807, 2.05) is 10.6 Å². The molecule has 2 atom stereocenters. The predicted octanol–water partition coefficient (Wildman–Crippen LogP) is 4.01. The van der Waals surface area contributed by atoms with E-state index in [2.05, 4.69) is 41.7 Å². The maximum atomic E-state index is 12.2. The lowest BCUT2D eigenvalue weighted by Gasteiger charge is -2.39. The number of imidazole rings is 1. The summed E-state index contributed by atoms with van der Waals surface area (Å²) in [7, 11) is 1.45. The molecule has 2 aromatic rings. The van der Waals surface area contributed by atoms with Crippen LogP contribution in [0.1, 0.15) is 39.4 Å². The van der Waals surface area contributed by atoms with Gasteiger partial charge in [-0.1, -0.05) is 32.4 Å². The quantitative estimate of drug-likeness (QED) is 0.715. The van der Waals surface area contributed by atoms with Crippen LogP contribution < -0.4 is 0 Å². The molecule has 2 heterocycles. The summed E-state index contributed by atoms with van der Waals surface area (Å²) in [5.74, 6) is 0.583. The van der Waals surface area contributed by atoms with Crippen molar-refractivity contribution in [2.75, 3.05) is 7.11 Å². The highest BCUT2D eigenvalue weighted by Gasteiger charge is 2.57. The average Bonchev–Trinajstić information content (AvgIpc) is 2.96. The summed E-state index contributed by atoms with van der Waals surface area (Å²) >= 11 is 9.71. The van der Waals surface area contributed by atoms with E-state index in [4.69, 9.17) is 21.3 Å². The lowest BCUT2D eigenvalue weighted by molar-refractivity contribution is -0.149. The van der Waals surface area contributed by atoms with Crippen molar-refractivity contribution in [1.29, 1.82) is 0 Å². The molecule has 0 N–H and O–H groups in total. The predicted molar refractivity (Wildman–Crippen MR) is 91.6 cm³/mol. The number of halogens is 2. The molecule has 1 saturated carbocycles. The van der Waals surface area contributed by atoms with E-state index in [0.29, 0.717) is 9.76 Å². The second-order valence-electron chi connectivity index (χ2n) is 6.83. The second kappa shape index (κ2) is 5.45. The molecule has 23 heavy (non-hydrogen) atoms. The molecule has 0 aliphatic heterocycles. The number of fused-ring (bicyclic) bond motifs is 1. The minimum atomic E-state index is -0.295. The molecule has 1 fully saturated rings. The molecule has 0 unspecified atom stereocenters. The zero-order chi connectivity index (χ0) is 17.0. The molecule has 0 radical (unpaired) electrons. The molecule has 3 rings (SSSR count). The highest BCUT2D eigenvalue weighted by Crippen LogP contribution is 2.57. The van der Waals surface area contributed by atoms with Crippen LogP contribution in [-0.4, -0.2) is 27.4 Å². The molecular formula is C16H19BrClN3O2. The SMILES string of the molecule is COC(=O)[C@H]1CC[C@@](C)(c2nc(Br)c3c(Cl)nccn23)C1(C)C. The summed E-state index contributed by atoms with van der Waals surface area (Å²) in [6, 6.07) is 0. The van der Waals surface area contributed by atoms with Crippen LogP contribution in [0.5, 0.6) is 0 Å². The number of hydrogen-bond donors (Lipinski definition) is 0. The van der Waals surface area contributed by atoms with E-state index in [-0.39, 0.29) is 22.7 Å². The number of methoxy groups -OCH3 is 1. The molecule has 1 aliphatic carbocycles. The van der Waals surface area contributed by atoms with Crippen LogP contribution in [0.4, 0.5) is 0 Å². The summed E-state index contributed by atoms with van der Waals surface area (Å²) in [4.78, 5) is 21.0. The first-order chi connectivity index (χ1) is 10.7. The fourth-order valence-corrected chi connectivity index (χ4v) is 4.70. The summed E-state index contributed by atoms with van der Waals surface area (Å²) in [5.41, 5.74) is 0.171. The van der Waals surface area contributed by atoms with Crippen molar-refractivity contribution >= 4 is 39.0 Å². The molecule has 0 amide bonds. The average molecular weight is 401 g/mol. The topological polar surface area (TPSA) is 56.5 Å². The Morgan fingerprint density at radius 1 is 1.48 bits per heavy atom. The maximum Gasteiger partial charge on any atom is 0.309 e. The highest BCUT2D eigenvalue weighted by molar-refractivity contribution is 9.10. The van der Waals surface area contributed by atoms with Crippen LogP contribution in [-0.2, 0) is 14.9 Å². The van der Waals surface area contributed by atoms with Gasteiger partial charge in [-0.2, -0.15) is 0 Å². The summed E-state index contributed by atoms with van der Waals surface area (Å²) < 4.78 is 7.65. The Labute approximate surface area is 148 Å². The molecule has 0 spiro atoms. The van der Waals surface area contributed by atoms with E-state index < -0.39 is 0 Å². The van der Waals surface area contributed by atoms with Gasteiger partial charge in [-0.15, -0.1) is 0 Å². The monoisotopic (exact) mass is 399 g/mol. The van der Waals surface area contributed by atoms with Crippen LogP contribution in [0.25, 0.3) is 5.52 Å². The number of rotatable bonds is 2. The lowest BCUT2D eigenvalue weighted by Crippen LogP contribution is -2.42. The third-order valence-corrected chi connectivity index (χ3v) is 6.50. The number of carbonyl (C=O) groups excluding carboxylic acids is 1. The van der Waals surface area contributed by atoms with Gasteiger partial charge in [0.1, 0.15) is 15.9 Å². The van der Waals surface area contributed by atoms with Gasteiger partial charge >= 0.3 is 5.97 Å². The summed E-state index contributed by atoms with van der Waals surface area (Å²) in [6.45, 7) is 6.38. The molecule has 0 saturated heterocycles. The van der Waals surface area contributed by atoms with Gasteiger partial charge in [0.15, 0.2) is 5.15 Å². The Hall–Kier alpha value is -1.14. The Morgan fingerprint density at radius 3 is 2.83 bits per heavy atom. The van der Waals surface area contributed by atoms with Crippen LogP contribution in [0.15, 0.2) is 17.0 Å². The fourth-order valence-electron chi connectivity index (χ4n) is 3.81. The van der Waals surface area contributed by atoms with Gasteiger partial charge in [-0.25, -0.2) is 9.97 Å². The summed E-state index contributed by atoms with van der Waals surface area (Å²) in [6.07, 6.45) is 5.16. The number of esters is 1. The van der Waals surface area contributed by atoms with E-state index in [0.717, 1.165) is 24.2 Å². The minimum Gasteiger partial charge on any atom is -0.469 e. The van der Waals surface area contributed by atoms with Gasteiger partial charge in [0, 0.05) is 17.8 Å². The second-order valence-corrected chi connectivity index (χ2v) is 7.94. The van der Waals surface area contributed by atoms with Gasteiger partial charge in [0.2, 0.25) is 0 Å². The third-order valence-electron chi connectivity index (χ3n) is 5.67. The number of aromatic nitrogens is 3. The molecular weight excluding hydrogens is 382 g/mol. The molecule has 1 aliphatic rings. The molecule has 2 aromatic heterocycles. The Balaban J connectivity index is 2.19. The first-order valence-corrected chi connectivity index (χ1v) is 8.67. The minimum absolute atomic E-state index is 0.152. The lowest BCUT2D eigenvalue weighted by atomic mass is 9.65. The molecule has 0 bridgehead atoms. The van der Waals surface area contributed by atoms with Crippen molar-refractivity contribution in [2.24, 2.45) is 11.3 Å². The molecule has 124 valence electrons. The van der Waals surface area contributed by atoms with Crippen molar-refractivity contribution in [2.45, 2.75) is 39.0 Å². The number of nitrogens with zero attached hydrogens (tertiary/aromatic N) is 3. The van der Waals surface area contributed by atoms with Crippen LogP contribution in [0, 0.1) is 11.3 Å². The van der Waals surface area contributed by atoms with E-state index in [9.17, 15) is 4.79 Å². The highest BCUT2D eigenvalue weighted by atomic mass is 79.9. The standard InChI is InChI=1S/C16H19BrClN3O2/c1-15(2)9(13(22)23-4)5-6-16(15,3)14-20-11(17)10-12(18)19-7-8-21(10)14/h7-9H,5-6H2,1-4H3/t9-,16+/m1/s1. The zero-order valence-electron chi connectivity index (χ0n) is 13.6. The van der Waals surface area contributed by atoms with Crippen molar-refractivity contribution in [3.8, 4) is 0 Å².